The lowest BCUT2D eigenvalue weighted by molar-refractivity contribution is -0.00000656. The summed E-state index contributed by atoms with van der Waals surface area (Å²) in [7, 11) is -2.48. The summed E-state index contributed by atoms with van der Waals surface area (Å²) in [4.78, 5) is 21.7. The van der Waals surface area contributed by atoms with Gasteiger partial charge >= 0.3 is 0 Å². The molecule has 0 saturated heterocycles. The molecular formula is C27H28ClN2OPS. The van der Waals surface area contributed by atoms with Crippen LogP contribution in [0.3, 0.4) is 0 Å². The van der Waals surface area contributed by atoms with E-state index >= 15 is 0 Å². The molecule has 33 heavy (non-hydrogen) atoms. The number of aryl methyl sites for hydroxylation is 1. The predicted molar refractivity (Wildman–Crippen MR) is 140 cm³/mol. The van der Waals surface area contributed by atoms with Crippen molar-refractivity contribution < 1.29 is 12.4 Å². The van der Waals surface area contributed by atoms with Gasteiger partial charge in [-0.3, -0.25) is 4.79 Å². The average molecular weight is 495 g/mol. The molecule has 1 N–H and O–H groups in total. The van der Waals surface area contributed by atoms with Gasteiger partial charge in [-0.25, -0.2) is 4.98 Å². The second-order valence-corrected chi connectivity index (χ2v) is 12.1. The fourth-order valence-electron chi connectivity index (χ4n) is 4.05. The minimum absolute atomic E-state index is 0. The number of nitrogens with zero attached hydrogens (tertiary/aromatic N) is 1. The van der Waals surface area contributed by atoms with Crippen molar-refractivity contribution >= 4 is 40.2 Å². The maximum Gasteiger partial charge on any atom is 0.295 e. The number of rotatable bonds is 8. The zero-order valence-electron chi connectivity index (χ0n) is 18.9. The van der Waals surface area contributed by atoms with E-state index in [0.29, 0.717) is 5.82 Å². The van der Waals surface area contributed by atoms with Gasteiger partial charge in [-0.05, 0) is 55.5 Å². The molecule has 0 atom stereocenters. The fraction of sp³-hybridized carbons (Fsp3) is 0.185. The molecule has 6 heteroatoms. The molecule has 0 spiro atoms. The van der Waals surface area contributed by atoms with Gasteiger partial charge in [-0.2, -0.15) is 0 Å². The molecule has 4 aromatic rings. The molecule has 3 nitrogen and oxygen atoms in total. The summed E-state index contributed by atoms with van der Waals surface area (Å²) >= 11 is 1.71. The number of thioether (sulfide) groups is 1. The van der Waals surface area contributed by atoms with Crippen LogP contribution in [0.25, 0.3) is 0 Å². The number of hydrogen-bond donors (Lipinski definition) is 1. The van der Waals surface area contributed by atoms with Crippen LogP contribution in [0.5, 0.6) is 0 Å². The van der Waals surface area contributed by atoms with E-state index in [1.807, 2.05) is 25.1 Å². The highest BCUT2D eigenvalue weighted by atomic mass is 35.5. The van der Waals surface area contributed by atoms with Crippen molar-refractivity contribution in [3.63, 3.8) is 0 Å². The van der Waals surface area contributed by atoms with Crippen molar-refractivity contribution in [2.24, 2.45) is 0 Å². The smallest absolute Gasteiger partial charge is 0.295 e. The molecule has 0 amide bonds. The normalized spacial score (nSPS) is 11.1. The fourth-order valence-corrected chi connectivity index (χ4v) is 9.94. The lowest BCUT2D eigenvalue weighted by atomic mass is 10.4. The average Bonchev–Trinajstić information content (AvgIpc) is 2.83. The predicted octanol–water partition coefficient (Wildman–Crippen LogP) is 1.59. The van der Waals surface area contributed by atoms with Crippen LogP contribution in [0.1, 0.15) is 25.6 Å². The Hall–Kier alpha value is -2.39. The third-order valence-corrected chi connectivity index (χ3v) is 11.0. The van der Waals surface area contributed by atoms with Crippen LogP contribution in [0.15, 0.2) is 101 Å². The van der Waals surface area contributed by atoms with Gasteiger partial charge in [-0.15, -0.1) is 11.8 Å². The van der Waals surface area contributed by atoms with Crippen LogP contribution in [0, 0.1) is 6.92 Å². The molecule has 1 heterocycles. The summed E-state index contributed by atoms with van der Waals surface area (Å²) in [5, 5.41) is 5.13. The number of benzene rings is 3. The van der Waals surface area contributed by atoms with E-state index in [2.05, 4.69) is 84.7 Å². The Labute approximate surface area is 206 Å². The first kappa shape index (κ1) is 25.2. The van der Waals surface area contributed by atoms with E-state index < -0.39 is 7.26 Å². The molecule has 0 aliphatic heterocycles. The summed E-state index contributed by atoms with van der Waals surface area (Å²) in [6.07, 6.45) is 2.20. The van der Waals surface area contributed by atoms with E-state index in [9.17, 15) is 4.79 Å². The second kappa shape index (κ2) is 11.7. The van der Waals surface area contributed by atoms with E-state index in [-0.39, 0.29) is 18.0 Å². The van der Waals surface area contributed by atoms with Gasteiger partial charge in [0.15, 0.2) is 7.26 Å². The summed E-state index contributed by atoms with van der Waals surface area (Å²) in [5.74, 6) is 1.60. The largest absolute Gasteiger partial charge is 1.00 e. The number of aromatic nitrogens is 2. The standard InChI is InChI=1S/C27H27N2OPS.ClH/c1-3-4-20-32-27-25(26(30)28-21(2)29-27)31(22-14-8-5-9-15-22,23-16-10-6-11-17-23)24-18-12-7-13-19-24;/h5-19H,3-4,20H2,1-2H3;1H. The van der Waals surface area contributed by atoms with Crippen molar-refractivity contribution in [1.82, 2.24) is 9.97 Å². The summed E-state index contributed by atoms with van der Waals surface area (Å²) in [6.45, 7) is 4.05. The van der Waals surface area contributed by atoms with E-state index in [0.717, 1.165) is 44.8 Å². The quantitative estimate of drug-likeness (QED) is 0.175. The Morgan fingerprint density at radius 1 is 0.818 bits per heavy atom. The topological polar surface area (TPSA) is 45.8 Å². The van der Waals surface area contributed by atoms with Gasteiger partial charge in [0.05, 0.1) is 0 Å². The van der Waals surface area contributed by atoms with Crippen LogP contribution >= 0.6 is 19.0 Å². The highest BCUT2D eigenvalue weighted by Crippen LogP contribution is 2.54. The van der Waals surface area contributed by atoms with Gasteiger partial charge in [0.25, 0.3) is 5.56 Å². The molecule has 170 valence electrons. The molecule has 0 aliphatic rings. The molecule has 0 bridgehead atoms. The molecule has 0 fully saturated rings. The number of unbranched alkanes of at least 4 members (excludes halogenated alkanes) is 1. The number of halogens is 1. The molecule has 0 saturated carbocycles. The van der Waals surface area contributed by atoms with Crippen molar-refractivity contribution in [2.45, 2.75) is 31.7 Å². The van der Waals surface area contributed by atoms with Gasteiger partial charge in [0, 0.05) is 0 Å². The maximum atomic E-state index is 13.8. The Kier molecular flexibility index (Phi) is 8.91. The lowest BCUT2D eigenvalue weighted by Gasteiger charge is -2.27. The minimum Gasteiger partial charge on any atom is -1.00 e. The van der Waals surface area contributed by atoms with Crippen LogP contribution in [-0.4, -0.2) is 15.7 Å². The molecule has 0 aliphatic carbocycles. The number of H-pyrrole nitrogens is 1. The van der Waals surface area contributed by atoms with E-state index in [4.69, 9.17) is 4.98 Å². The third kappa shape index (κ3) is 5.09. The Morgan fingerprint density at radius 2 is 1.27 bits per heavy atom. The van der Waals surface area contributed by atoms with Crippen molar-refractivity contribution in [3.8, 4) is 0 Å². The van der Waals surface area contributed by atoms with Crippen molar-refractivity contribution in [1.29, 1.82) is 0 Å². The highest BCUT2D eigenvalue weighted by molar-refractivity contribution is 8.04. The van der Waals surface area contributed by atoms with Crippen LogP contribution in [0.4, 0.5) is 0 Å². The van der Waals surface area contributed by atoms with Crippen molar-refractivity contribution in [3.05, 3.63) is 107 Å². The third-order valence-electron chi connectivity index (χ3n) is 5.48. The first-order valence-electron chi connectivity index (χ1n) is 11.0. The zero-order chi connectivity index (χ0) is 22.4. The minimum atomic E-state index is -2.48. The molecule has 0 radical (unpaired) electrons. The second-order valence-electron chi connectivity index (χ2n) is 7.68. The monoisotopic (exact) mass is 494 g/mol. The SMILES string of the molecule is CCCCSc1nc(C)[nH]c(=O)c1[P+](c1ccccc1)(c1ccccc1)c1ccccc1.[Cl-]. The van der Waals surface area contributed by atoms with Crippen molar-refractivity contribution in [2.75, 3.05) is 5.75 Å². The van der Waals surface area contributed by atoms with Gasteiger partial charge in [0.2, 0.25) is 5.30 Å². The Bertz CT molecular complexity index is 1120. The van der Waals surface area contributed by atoms with Crippen LogP contribution < -0.4 is 39.2 Å². The van der Waals surface area contributed by atoms with E-state index in [1.54, 1.807) is 11.8 Å². The molecular weight excluding hydrogens is 467 g/mol. The number of aromatic amines is 1. The molecule has 0 unspecified atom stereocenters. The maximum absolute atomic E-state index is 13.8. The first-order valence-corrected chi connectivity index (χ1v) is 13.8. The summed E-state index contributed by atoms with van der Waals surface area (Å²) in [5.41, 5.74) is -0.0404. The van der Waals surface area contributed by atoms with Gasteiger partial charge in [-0.1, -0.05) is 67.9 Å². The van der Waals surface area contributed by atoms with Crippen LogP contribution in [-0.2, 0) is 0 Å². The van der Waals surface area contributed by atoms with E-state index in [1.165, 1.54) is 0 Å². The van der Waals surface area contributed by atoms with Gasteiger partial charge < -0.3 is 17.4 Å². The number of hydrogen-bond acceptors (Lipinski definition) is 3. The first-order chi connectivity index (χ1) is 15.7. The Morgan fingerprint density at radius 3 is 1.70 bits per heavy atom. The van der Waals surface area contributed by atoms with Crippen LogP contribution in [0.2, 0.25) is 0 Å². The molecule has 1 aromatic heterocycles. The Balaban J connectivity index is 0.00000306. The van der Waals surface area contributed by atoms with Gasteiger partial charge in [0.1, 0.15) is 26.8 Å². The summed E-state index contributed by atoms with van der Waals surface area (Å²) in [6, 6.07) is 31.4. The lowest BCUT2D eigenvalue weighted by Crippen LogP contribution is -3.00. The highest BCUT2D eigenvalue weighted by Gasteiger charge is 2.52. The summed E-state index contributed by atoms with van der Waals surface area (Å²) < 4.78 is 0. The zero-order valence-corrected chi connectivity index (χ0v) is 21.3. The molecule has 4 rings (SSSR count). The molecule has 3 aromatic carbocycles. The number of nitrogens with one attached hydrogen (secondary N) is 1.